The number of nitrogens with zero attached hydrogens (tertiary/aromatic N) is 1. The smallest absolute Gasteiger partial charge is 0.251 e. The molecule has 2 rings (SSSR count). The molecule has 0 spiro atoms. The molecule has 2 aromatic rings. The summed E-state index contributed by atoms with van der Waals surface area (Å²) in [6.07, 6.45) is 2.39. The number of aliphatic hydroxyl groups excluding tert-OH is 1. The van der Waals surface area contributed by atoms with Crippen LogP contribution in [-0.4, -0.2) is 34.4 Å². The maximum atomic E-state index is 11.9. The molecular formula is C13H17N3O2. The van der Waals surface area contributed by atoms with Gasteiger partial charge in [0.15, 0.2) is 0 Å². The Morgan fingerprint density at radius 3 is 3.17 bits per heavy atom. The highest BCUT2D eigenvalue weighted by Gasteiger charge is 2.08. The van der Waals surface area contributed by atoms with Crippen LogP contribution in [0.3, 0.4) is 0 Å². The molecule has 0 aliphatic carbocycles. The molecule has 0 saturated heterocycles. The molecule has 5 nitrogen and oxygen atoms in total. The monoisotopic (exact) mass is 247 g/mol. The lowest BCUT2D eigenvalue weighted by Gasteiger charge is -2.11. The molecule has 0 saturated carbocycles. The van der Waals surface area contributed by atoms with Gasteiger partial charge in [0.1, 0.15) is 0 Å². The number of carbonyl (C=O) groups excluding carboxylic acids is 1. The van der Waals surface area contributed by atoms with Gasteiger partial charge in [0.05, 0.1) is 11.7 Å². The van der Waals surface area contributed by atoms with Crippen LogP contribution >= 0.6 is 0 Å². The Bertz CT molecular complexity index is 536. The van der Waals surface area contributed by atoms with Gasteiger partial charge in [0.25, 0.3) is 5.91 Å². The van der Waals surface area contributed by atoms with Crippen molar-refractivity contribution in [2.75, 3.05) is 13.2 Å². The molecule has 5 heteroatoms. The maximum absolute atomic E-state index is 11.9. The van der Waals surface area contributed by atoms with Crippen LogP contribution in [0.4, 0.5) is 0 Å². The second-order valence-electron chi connectivity index (χ2n) is 4.50. The van der Waals surface area contributed by atoms with E-state index in [2.05, 4.69) is 15.5 Å². The summed E-state index contributed by atoms with van der Waals surface area (Å²) >= 11 is 0. The predicted octanol–water partition coefficient (Wildman–Crippen LogP) is 1.31. The fourth-order valence-corrected chi connectivity index (χ4v) is 1.78. The van der Waals surface area contributed by atoms with Crippen molar-refractivity contribution in [1.82, 2.24) is 15.5 Å². The summed E-state index contributed by atoms with van der Waals surface area (Å²) in [5.74, 6) is 0.180. The van der Waals surface area contributed by atoms with Crippen LogP contribution in [0.1, 0.15) is 23.7 Å². The van der Waals surface area contributed by atoms with E-state index in [1.54, 1.807) is 12.3 Å². The zero-order chi connectivity index (χ0) is 13.0. The number of aliphatic hydroxyl groups is 1. The summed E-state index contributed by atoms with van der Waals surface area (Å²) in [7, 11) is 0. The molecule has 0 aliphatic rings. The van der Waals surface area contributed by atoms with E-state index in [1.807, 2.05) is 19.1 Å². The standard InChI is InChI=1S/C13H17N3O2/c1-9(4-5-17)7-14-13(18)10-2-3-12-11(6-10)8-15-16-12/h2-3,6,8-9,17H,4-5,7H2,1H3,(H,14,18)(H,15,16). The molecular weight excluding hydrogens is 230 g/mol. The lowest BCUT2D eigenvalue weighted by atomic mass is 10.1. The molecule has 3 N–H and O–H groups in total. The second kappa shape index (κ2) is 5.64. The highest BCUT2D eigenvalue weighted by atomic mass is 16.3. The van der Waals surface area contributed by atoms with Gasteiger partial charge in [0, 0.05) is 24.1 Å². The minimum absolute atomic E-state index is 0.0945. The molecule has 0 aliphatic heterocycles. The van der Waals surface area contributed by atoms with E-state index < -0.39 is 0 Å². The first kappa shape index (κ1) is 12.6. The summed E-state index contributed by atoms with van der Waals surface area (Å²) in [5, 5.41) is 19.3. The van der Waals surface area contributed by atoms with Crippen LogP contribution in [0.25, 0.3) is 10.9 Å². The van der Waals surface area contributed by atoms with Gasteiger partial charge in [-0.2, -0.15) is 5.10 Å². The minimum atomic E-state index is -0.0945. The molecule has 1 amide bonds. The Labute approximate surface area is 105 Å². The summed E-state index contributed by atoms with van der Waals surface area (Å²) in [6, 6.07) is 5.42. The fourth-order valence-electron chi connectivity index (χ4n) is 1.78. The maximum Gasteiger partial charge on any atom is 0.251 e. The van der Waals surface area contributed by atoms with E-state index in [0.29, 0.717) is 18.5 Å². The van der Waals surface area contributed by atoms with Crippen LogP contribution in [0.5, 0.6) is 0 Å². The number of aromatic amines is 1. The van der Waals surface area contributed by atoms with Crippen molar-refractivity contribution < 1.29 is 9.90 Å². The number of H-pyrrole nitrogens is 1. The van der Waals surface area contributed by atoms with Crippen molar-refractivity contribution in [3.63, 3.8) is 0 Å². The molecule has 0 bridgehead atoms. The normalized spacial score (nSPS) is 12.6. The third-order valence-electron chi connectivity index (χ3n) is 2.94. The summed E-state index contributed by atoms with van der Waals surface area (Å²) in [6.45, 7) is 2.72. The lowest BCUT2D eigenvalue weighted by molar-refractivity contribution is 0.0945. The zero-order valence-corrected chi connectivity index (χ0v) is 10.3. The summed E-state index contributed by atoms with van der Waals surface area (Å²) in [4.78, 5) is 11.9. The van der Waals surface area contributed by atoms with E-state index >= 15 is 0 Å². The average molecular weight is 247 g/mol. The van der Waals surface area contributed by atoms with Gasteiger partial charge in [0.2, 0.25) is 0 Å². The zero-order valence-electron chi connectivity index (χ0n) is 10.3. The van der Waals surface area contributed by atoms with Crippen LogP contribution in [0.2, 0.25) is 0 Å². The van der Waals surface area contributed by atoms with Crippen LogP contribution in [-0.2, 0) is 0 Å². The Morgan fingerprint density at radius 1 is 1.56 bits per heavy atom. The summed E-state index contributed by atoms with van der Waals surface area (Å²) in [5.41, 5.74) is 1.54. The van der Waals surface area contributed by atoms with Crippen molar-refractivity contribution >= 4 is 16.8 Å². The highest BCUT2D eigenvalue weighted by Crippen LogP contribution is 2.12. The Morgan fingerprint density at radius 2 is 2.39 bits per heavy atom. The third-order valence-corrected chi connectivity index (χ3v) is 2.94. The lowest BCUT2D eigenvalue weighted by Crippen LogP contribution is -2.28. The van der Waals surface area contributed by atoms with Gasteiger partial charge in [-0.15, -0.1) is 0 Å². The number of fused-ring (bicyclic) bond motifs is 1. The second-order valence-corrected chi connectivity index (χ2v) is 4.50. The van der Waals surface area contributed by atoms with Gasteiger partial charge in [-0.05, 0) is 30.5 Å². The molecule has 1 aromatic carbocycles. The van der Waals surface area contributed by atoms with E-state index in [-0.39, 0.29) is 18.4 Å². The number of amides is 1. The predicted molar refractivity (Wildman–Crippen MR) is 69.3 cm³/mol. The fraction of sp³-hybridized carbons (Fsp3) is 0.385. The molecule has 1 aromatic heterocycles. The summed E-state index contributed by atoms with van der Waals surface area (Å²) < 4.78 is 0. The number of aromatic nitrogens is 2. The Balaban J connectivity index is 1.99. The molecule has 0 fully saturated rings. The van der Waals surface area contributed by atoms with Crippen LogP contribution in [0, 0.1) is 5.92 Å². The number of benzene rings is 1. The number of hydrogen-bond donors (Lipinski definition) is 3. The van der Waals surface area contributed by atoms with Crippen molar-refractivity contribution in [1.29, 1.82) is 0 Å². The van der Waals surface area contributed by atoms with Crippen molar-refractivity contribution in [2.24, 2.45) is 5.92 Å². The van der Waals surface area contributed by atoms with E-state index in [9.17, 15) is 4.79 Å². The first-order chi connectivity index (χ1) is 8.70. The number of rotatable bonds is 5. The molecule has 1 heterocycles. The number of carbonyl (C=O) groups is 1. The van der Waals surface area contributed by atoms with Crippen LogP contribution in [0.15, 0.2) is 24.4 Å². The topological polar surface area (TPSA) is 78.0 Å². The van der Waals surface area contributed by atoms with Gasteiger partial charge < -0.3 is 10.4 Å². The Hall–Kier alpha value is -1.88. The first-order valence-corrected chi connectivity index (χ1v) is 6.03. The molecule has 1 atom stereocenters. The first-order valence-electron chi connectivity index (χ1n) is 6.03. The van der Waals surface area contributed by atoms with Gasteiger partial charge >= 0.3 is 0 Å². The quantitative estimate of drug-likeness (QED) is 0.745. The van der Waals surface area contributed by atoms with Crippen molar-refractivity contribution in [2.45, 2.75) is 13.3 Å². The van der Waals surface area contributed by atoms with Crippen molar-refractivity contribution in [3.05, 3.63) is 30.0 Å². The highest BCUT2D eigenvalue weighted by molar-refractivity contribution is 5.97. The van der Waals surface area contributed by atoms with E-state index in [0.717, 1.165) is 10.9 Å². The van der Waals surface area contributed by atoms with Crippen molar-refractivity contribution in [3.8, 4) is 0 Å². The van der Waals surface area contributed by atoms with Gasteiger partial charge in [-0.3, -0.25) is 9.89 Å². The van der Waals surface area contributed by atoms with E-state index in [1.165, 1.54) is 0 Å². The SMILES string of the molecule is CC(CCO)CNC(=O)c1ccc2[nH]ncc2c1. The molecule has 0 radical (unpaired) electrons. The minimum Gasteiger partial charge on any atom is -0.396 e. The molecule has 1 unspecified atom stereocenters. The van der Waals surface area contributed by atoms with Gasteiger partial charge in [-0.1, -0.05) is 6.92 Å². The average Bonchev–Trinajstić information content (AvgIpc) is 2.83. The number of hydrogen-bond acceptors (Lipinski definition) is 3. The molecule has 18 heavy (non-hydrogen) atoms. The largest absolute Gasteiger partial charge is 0.396 e. The van der Waals surface area contributed by atoms with Gasteiger partial charge in [-0.25, -0.2) is 0 Å². The Kier molecular flexibility index (Phi) is 3.94. The third kappa shape index (κ3) is 2.87. The van der Waals surface area contributed by atoms with E-state index in [4.69, 9.17) is 5.11 Å². The molecule has 96 valence electrons. The van der Waals surface area contributed by atoms with Crippen LogP contribution < -0.4 is 5.32 Å². The number of nitrogens with one attached hydrogen (secondary N) is 2.